The van der Waals surface area contributed by atoms with E-state index in [9.17, 15) is 14.4 Å². The molecule has 1 aromatic carbocycles. The van der Waals surface area contributed by atoms with Gasteiger partial charge in [-0.25, -0.2) is 0 Å². The van der Waals surface area contributed by atoms with Gasteiger partial charge >= 0.3 is 0 Å². The lowest BCUT2D eigenvalue weighted by Crippen LogP contribution is -2.29. The molecule has 0 radical (unpaired) electrons. The number of thioether (sulfide) groups is 1. The van der Waals surface area contributed by atoms with Crippen LogP contribution in [-0.4, -0.2) is 22.6 Å². The minimum absolute atomic E-state index is 0.124. The zero-order chi connectivity index (χ0) is 18.4. The molecule has 0 aliphatic heterocycles. The minimum atomic E-state index is -0.168. The van der Waals surface area contributed by atoms with Crippen LogP contribution in [0.5, 0.6) is 0 Å². The van der Waals surface area contributed by atoms with E-state index in [0.717, 1.165) is 21.8 Å². The van der Waals surface area contributed by atoms with E-state index in [-0.39, 0.29) is 29.7 Å². The second-order valence-corrected chi connectivity index (χ2v) is 6.76. The van der Waals surface area contributed by atoms with Crippen molar-refractivity contribution in [3.8, 4) is 0 Å². The summed E-state index contributed by atoms with van der Waals surface area (Å²) in [6.07, 6.45) is 0. The summed E-state index contributed by atoms with van der Waals surface area (Å²) in [4.78, 5) is 38.5. The number of aryl methyl sites for hydroxylation is 2. The van der Waals surface area contributed by atoms with Gasteiger partial charge in [-0.3, -0.25) is 14.4 Å². The molecule has 2 amide bonds. The Bertz CT molecular complexity index is 828. The van der Waals surface area contributed by atoms with Crippen LogP contribution < -0.4 is 16.2 Å². The second kappa shape index (κ2) is 8.53. The van der Waals surface area contributed by atoms with Gasteiger partial charge in [0.2, 0.25) is 11.8 Å². The average molecular weight is 359 g/mol. The number of carbonyl (C=O) groups is 2. The second-order valence-electron chi connectivity index (χ2n) is 5.71. The molecule has 2 aromatic rings. The van der Waals surface area contributed by atoms with E-state index >= 15 is 0 Å². The monoisotopic (exact) mass is 359 g/mol. The third kappa shape index (κ3) is 5.79. The van der Waals surface area contributed by atoms with Crippen LogP contribution in [0.25, 0.3) is 0 Å². The van der Waals surface area contributed by atoms with E-state index in [0.29, 0.717) is 5.56 Å². The molecule has 6 nitrogen and oxygen atoms in total. The molecule has 1 aromatic heterocycles. The predicted octanol–water partition coefficient (Wildman–Crippen LogP) is 2.36. The normalized spacial score (nSPS) is 10.4. The van der Waals surface area contributed by atoms with Gasteiger partial charge in [-0.2, -0.15) is 0 Å². The number of H-pyrrole nitrogens is 1. The van der Waals surface area contributed by atoms with E-state index in [4.69, 9.17) is 0 Å². The molecule has 25 heavy (non-hydrogen) atoms. The highest BCUT2D eigenvalue weighted by atomic mass is 32.2. The van der Waals surface area contributed by atoms with Crippen molar-refractivity contribution >= 4 is 29.3 Å². The number of aromatic nitrogens is 1. The number of benzene rings is 1. The fourth-order valence-corrected chi connectivity index (χ4v) is 3.05. The van der Waals surface area contributed by atoms with Crippen molar-refractivity contribution in [1.82, 2.24) is 10.3 Å². The number of hydrogen-bond acceptors (Lipinski definition) is 4. The first kappa shape index (κ1) is 18.8. The first-order valence-electron chi connectivity index (χ1n) is 7.81. The number of pyridine rings is 1. The number of nitrogens with one attached hydrogen (secondary N) is 3. The first-order valence-corrected chi connectivity index (χ1v) is 8.80. The van der Waals surface area contributed by atoms with Crippen molar-refractivity contribution in [2.45, 2.75) is 32.2 Å². The number of aromatic amines is 1. The number of hydrogen-bond donors (Lipinski definition) is 3. The van der Waals surface area contributed by atoms with Crippen LogP contribution in [0.1, 0.15) is 23.7 Å². The summed E-state index contributed by atoms with van der Waals surface area (Å²) in [7, 11) is 0. The lowest BCUT2D eigenvalue weighted by Gasteiger charge is -2.08. The standard InChI is InChI=1S/C18H21N3O3S/c1-11-8-12(2)20-18(24)16(11)9-19-17(23)10-25-15-6-4-14(5-7-15)21-13(3)22/h4-8H,9-10H2,1-3H3,(H,19,23)(H,20,24)(H,21,22). The highest BCUT2D eigenvalue weighted by Crippen LogP contribution is 2.20. The van der Waals surface area contributed by atoms with Crippen LogP contribution in [-0.2, 0) is 16.1 Å². The molecule has 0 aliphatic rings. The van der Waals surface area contributed by atoms with Gasteiger partial charge < -0.3 is 15.6 Å². The molecular weight excluding hydrogens is 338 g/mol. The zero-order valence-electron chi connectivity index (χ0n) is 14.4. The van der Waals surface area contributed by atoms with Gasteiger partial charge in [0.1, 0.15) is 0 Å². The molecule has 7 heteroatoms. The van der Waals surface area contributed by atoms with Crippen molar-refractivity contribution in [1.29, 1.82) is 0 Å². The highest BCUT2D eigenvalue weighted by molar-refractivity contribution is 8.00. The van der Waals surface area contributed by atoms with Gasteiger partial charge in [-0.15, -0.1) is 11.8 Å². The summed E-state index contributed by atoms with van der Waals surface area (Å²) < 4.78 is 0. The lowest BCUT2D eigenvalue weighted by atomic mass is 10.1. The van der Waals surface area contributed by atoms with Gasteiger partial charge in [0, 0.05) is 35.3 Å². The maximum atomic E-state index is 12.0. The number of rotatable bonds is 6. The molecule has 0 spiro atoms. The van der Waals surface area contributed by atoms with Crippen molar-refractivity contribution in [2.24, 2.45) is 0 Å². The Kier molecular flexibility index (Phi) is 6.41. The summed E-state index contributed by atoms with van der Waals surface area (Å²) in [5.74, 6) is -0.0149. The lowest BCUT2D eigenvalue weighted by molar-refractivity contribution is -0.118. The minimum Gasteiger partial charge on any atom is -0.351 e. The Balaban J connectivity index is 1.85. The maximum absolute atomic E-state index is 12.0. The van der Waals surface area contributed by atoms with E-state index < -0.39 is 0 Å². The van der Waals surface area contributed by atoms with Crippen LogP contribution in [0.2, 0.25) is 0 Å². The molecule has 0 aliphatic carbocycles. The number of amides is 2. The number of anilines is 1. The fourth-order valence-electron chi connectivity index (χ4n) is 2.33. The summed E-state index contributed by atoms with van der Waals surface area (Å²) in [5.41, 5.74) is 2.79. The SMILES string of the molecule is CC(=O)Nc1ccc(SCC(=O)NCc2c(C)cc(C)[nH]c2=O)cc1. The summed E-state index contributed by atoms with van der Waals surface area (Å²) >= 11 is 1.39. The number of carbonyl (C=O) groups excluding carboxylic acids is 2. The molecular formula is C18H21N3O3S. The zero-order valence-corrected chi connectivity index (χ0v) is 15.3. The van der Waals surface area contributed by atoms with Gasteiger partial charge in [0.15, 0.2) is 0 Å². The molecule has 3 N–H and O–H groups in total. The van der Waals surface area contributed by atoms with Crippen LogP contribution >= 0.6 is 11.8 Å². The molecule has 0 atom stereocenters. The molecule has 0 unspecified atom stereocenters. The van der Waals surface area contributed by atoms with Gasteiger partial charge in [0.05, 0.1) is 5.75 Å². The van der Waals surface area contributed by atoms with Gasteiger partial charge in [0.25, 0.3) is 5.56 Å². The maximum Gasteiger partial charge on any atom is 0.253 e. The molecule has 1 heterocycles. The van der Waals surface area contributed by atoms with Crippen LogP contribution in [0.15, 0.2) is 40.0 Å². The fraction of sp³-hybridized carbons (Fsp3) is 0.278. The van der Waals surface area contributed by atoms with Crippen molar-refractivity contribution < 1.29 is 9.59 Å². The summed E-state index contributed by atoms with van der Waals surface area (Å²) in [6.45, 7) is 5.34. The third-order valence-corrected chi connectivity index (χ3v) is 4.51. The molecule has 0 bridgehead atoms. The molecule has 0 saturated carbocycles. The Morgan fingerprint density at radius 2 is 1.84 bits per heavy atom. The largest absolute Gasteiger partial charge is 0.351 e. The quantitative estimate of drug-likeness (QED) is 0.691. The first-order chi connectivity index (χ1) is 11.8. The average Bonchev–Trinajstić information content (AvgIpc) is 2.52. The molecule has 2 rings (SSSR count). The van der Waals surface area contributed by atoms with E-state index in [1.807, 2.05) is 32.0 Å². The van der Waals surface area contributed by atoms with Crippen molar-refractivity contribution in [3.63, 3.8) is 0 Å². The van der Waals surface area contributed by atoms with Crippen molar-refractivity contribution in [2.75, 3.05) is 11.1 Å². The Hall–Kier alpha value is -2.54. The molecule has 0 fully saturated rings. The van der Waals surface area contributed by atoms with E-state index in [1.165, 1.54) is 18.7 Å². The highest BCUT2D eigenvalue weighted by Gasteiger charge is 2.08. The van der Waals surface area contributed by atoms with E-state index in [2.05, 4.69) is 15.6 Å². The summed E-state index contributed by atoms with van der Waals surface area (Å²) in [5, 5.41) is 5.46. The summed E-state index contributed by atoms with van der Waals surface area (Å²) in [6, 6.07) is 9.15. The van der Waals surface area contributed by atoms with Crippen LogP contribution in [0, 0.1) is 13.8 Å². The Morgan fingerprint density at radius 3 is 2.44 bits per heavy atom. The van der Waals surface area contributed by atoms with E-state index in [1.54, 1.807) is 12.1 Å². The predicted molar refractivity (Wildman–Crippen MR) is 99.9 cm³/mol. The molecule has 132 valence electrons. The third-order valence-electron chi connectivity index (χ3n) is 3.50. The Morgan fingerprint density at radius 1 is 1.16 bits per heavy atom. The van der Waals surface area contributed by atoms with Gasteiger partial charge in [-0.05, 0) is 49.7 Å². The molecule has 0 saturated heterocycles. The van der Waals surface area contributed by atoms with Crippen molar-refractivity contribution in [3.05, 3.63) is 57.5 Å². The van der Waals surface area contributed by atoms with Crippen LogP contribution in [0.4, 0.5) is 5.69 Å². The Labute approximate surface area is 150 Å². The van der Waals surface area contributed by atoms with Crippen LogP contribution in [0.3, 0.4) is 0 Å². The van der Waals surface area contributed by atoms with Gasteiger partial charge in [-0.1, -0.05) is 0 Å². The smallest absolute Gasteiger partial charge is 0.253 e. The topological polar surface area (TPSA) is 91.1 Å².